The van der Waals surface area contributed by atoms with E-state index in [9.17, 15) is 0 Å². The maximum absolute atomic E-state index is 7.07. The lowest BCUT2D eigenvalue weighted by molar-refractivity contribution is 0.479. The van der Waals surface area contributed by atoms with Crippen LogP contribution in [0.2, 0.25) is 0 Å². The van der Waals surface area contributed by atoms with Gasteiger partial charge in [0.25, 0.3) is 0 Å². The number of hydrogen-bond donors (Lipinski definition) is 0. The lowest BCUT2D eigenvalue weighted by Crippen LogP contribution is -2.25. The number of para-hydroxylation sites is 1. The summed E-state index contributed by atoms with van der Waals surface area (Å²) in [5.41, 5.74) is 17.4. The molecule has 0 N–H and O–H groups in total. The third-order valence-corrected chi connectivity index (χ3v) is 14.1. The molecule has 0 saturated carbocycles. The third kappa shape index (κ3) is 8.81. The minimum atomic E-state index is -0.143. The molecule has 1 aliphatic rings. The number of pyridine rings is 1. The smallest absolute Gasteiger partial charge is 0.137 e. The molecule has 0 fully saturated rings. The van der Waals surface area contributed by atoms with E-state index in [1.807, 2.05) is 6.20 Å². The molecule has 0 aliphatic carbocycles. The fourth-order valence-electron chi connectivity index (χ4n) is 9.92. The number of hydrogen-bond acceptors (Lipinski definition) is 4. The second-order valence-corrected chi connectivity index (χ2v) is 23.3. The average Bonchev–Trinajstić information content (AvgIpc) is 3.83. The van der Waals surface area contributed by atoms with Crippen LogP contribution < -0.4 is 14.5 Å². The predicted molar refractivity (Wildman–Crippen MR) is 291 cm³/mol. The van der Waals surface area contributed by atoms with Crippen molar-refractivity contribution in [3.05, 3.63) is 167 Å². The topological polar surface area (TPSA) is 33.5 Å². The first-order valence-corrected chi connectivity index (χ1v) is 24.9. The first-order valence-electron chi connectivity index (χ1n) is 24.9. The second-order valence-electron chi connectivity index (χ2n) is 23.3. The van der Waals surface area contributed by atoms with Gasteiger partial charge in [0, 0.05) is 40.5 Å². The lowest BCUT2D eigenvalue weighted by atomic mass is 9.81. The summed E-state index contributed by atoms with van der Waals surface area (Å²) in [7, 11) is 0. The van der Waals surface area contributed by atoms with Crippen molar-refractivity contribution < 1.29 is 4.74 Å². The molecule has 350 valence electrons. The summed E-state index contributed by atoms with van der Waals surface area (Å²) in [4.78, 5) is 9.94. The van der Waals surface area contributed by atoms with Gasteiger partial charge in [-0.3, -0.25) is 4.57 Å². The fraction of sp³-hybridized carbons (Fsp3) is 0.349. The van der Waals surface area contributed by atoms with E-state index in [1.54, 1.807) is 0 Å². The van der Waals surface area contributed by atoms with Crippen LogP contribution in [0.4, 0.5) is 22.7 Å². The molecule has 1 aliphatic heterocycles. The van der Waals surface area contributed by atoms with Gasteiger partial charge in [0.05, 0.1) is 22.4 Å². The normalized spacial score (nSPS) is 13.5. The summed E-state index contributed by atoms with van der Waals surface area (Å²) in [6.07, 6.45) is 1.94. The minimum Gasteiger partial charge on any atom is -0.457 e. The number of ether oxygens (including phenoxy) is 1. The molecule has 0 saturated heterocycles. The maximum Gasteiger partial charge on any atom is 0.137 e. The van der Waals surface area contributed by atoms with E-state index in [-0.39, 0.29) is 16.2 Å². The first-order chi connectivity index (χ1) is 32.1. The zero-order valence-electron chi connectivity index (χ0n) is 43.3. The molecule has 2 aromatic heterocycles. The van der Waals surface area contributed by atoms with Crippen LogP contribution in [0, 0.1) is 0 Å². The second kappa shape index (κ2) is 17.3. The van der Waals surface area contributed by atoms with Crippen molar-refractivity contribution in [2.45, 2.75) is 138 Å². The number of nitrogens with zero attached hydrogens (tertiary/aromatic N) is 4. The highest BCUT2D eigenvalue weighted by Gasteiger charge is 2.32. The van der Waals surface area contributed by atoms with Crippen LogP contribution in [-0.2, 0) is 16.2 Å². The van der Waals surface area contributed by atoms with Crippen LogP contribution in [0.25, 0.3) is 38.8 Å². The summed E-state index contributed by atoms with van der Waals surface area (Å²) in [6.45, 7) is 35.2. The Morgan fingerprint density at radius 3 is 1.78 bits per heavy atom. The van der Waals surface area contributed by atoms with Crippen LogP contribution in [0.1, 0.15) is 155 Å². The van der Waals surface area contributed by atoms with Crippen molar-refractivity contribution >= 4 is 44.6 Å². The van der Waals surface area contributed by atoms with E-state index < -0.39 is 0 Å². The van der Waals surface area contributed by atoms with E-state index >= 15 is 0 Å². The Labute approximate surface area is 406 Å². The van der Waals surface area contributed by atoms with Crippen LogP contribution in [0.5, 0.6) is 11.5 Å². The molecule has 9 rings (SSSR count). The summed E-state index contributed by atoms with van der Waals surface area (Å²) >= 11 is 0. The zero-order chi connectivity index (χ0) is 48.6. The Balaban J connectivity index is 1.20. The van der Waals surface area contributed by atoms with Crippen molar-refractivity contribution in [3.63, 3.8) is 0 Å². The Bertz CT molecular complexity index is 3150. The van der Waals surface area contributed by atoms with Crippen molar-refractivity contribution in [1.29, 1.82) is 0 Å². The monoisotopic (exact) mass is 901 g/mol. The van der Waals surface area contributed by atoms with Gasteiger partial charge in [0.1, 0.15) is 24.0 Å². The molecule has 6 aromatic carbocycles. The van der Waals surface area contributed by atoms with Gasteiger partial charge in [-0.2, -0.15) is 0 Å². The van der Waals surface area contributed by atoms with Crippen LogP contribution in [0.15, 0.2) is 134 Å². The Morgan fingerprint density at radius 1 is 0.485 bits per heavy atom. The van der Waals surface area contributed by atoms with Crippen molar-refractivity contribution in [2.75, 3.05) is 16.5 Å². The molecule has 3 heterocycles. The van der Waals surface area contributed by atoms with E-state index in [1.165, 1.54) is 72.3 Å². The molecule has 5 heteroatoms. The Hall–Kier alpha value is -6.33. The van der Waals surface area contributed by atoms with Gasteiger partial charge in [-0.05, 0) is 145 Å². The molecule has 0 amide bonds. The van der Waals surface area contributed by atoms with E-state index in [0.717, 1.165) is 34.0 Å². The minimum absolute atomic E-state index is 0.0153. The Morgan fingerprint density at radius 2 is 1.12 bits per heavy atom. The van der Waals surface area contributed by atoms with E-state index in [2.05, 4.69) is 246 Å². The summed E-state index contributed by atoms with van der Waals surface area (Å²) < 4.78 is 9.36. The number of benzene rings is 6. The Kier molecular flexibility index (Phi) is 11.9. The highest BCUT2D eigenvalue weighted by atomic mass is 16.5. The number of rotatable bonds is 9. The molecule has 0 bridgehead atoms. The number of anilines is 4. The van der Waals surface area contributed by atoms with Crippen molar-refractivity contribution in [2.24, 2.45) is 0 Å². The summed E-state index contributed by atoms with van der Waals surface area (Å²) in [5, 5.41) is 2.36. The standard InChI is InChI=1S/C63H72N4O/c1-39(2)43-29-53(40(3)4)60(54(30-43)41(5)6)42-23-26-56-58(31-42)66(38-65(56)47-20-18-19-44(32-47)61(7,8)9)48-33-46(63(13,14)15)34-50(36-48)68-49-24-25-52-51-21-16-17-22-55(51)67(57(52)37-49)59-35-45(27-28-64-59)62(10,11)12/h16-37,39-41H,38H2,1-15H3. The molecule has 0 radical (unpaired) electrons. The number of fused-ring (bicyclic) bond motifs is 4. The molecule has 0 unspecified atom stereocenters. The quantitative estimate of drug-likeness (QED) is 0.145. The number of aromatic nitrogens is 2. The lowest BCUT2D eigenvalue weighted by Gasteiger charge is -2.27. The van der Waals surface area contributed by atoms with Gasteiger partial charge >= 0.3 is 0 Å². The van der Waals surface area contributed by atoms with Crippen LogP contribution in [0.3, 0.4) is 0 Å². The predicted octanol–water partition coefficient (Wildman–Crippen LogP) is 18.1. The zero-order valence-corrected chi connectivity index (χ0v) is 43.3. The van der Waals surface area contributed by atoms with Crippen LogP contribution >= 0.6 is 0 Å². The van der Waals surface area contributed by atoms with E-state index in [0.29, 0.717) is 24.4 Å². The van der Waals surface area contributed by atoms with Crippen molar-refractivity contribution in [3.8, 4) is 28.4 Å². The molecular weight excluding hydrogens is 829 g/mol. The summed E-state index contributed by atoms with van der Waals surface area (Å²) in [5.74, 6) is 3.68. The van der Waals surface area contributed by atoms with Gasteiger partial charge in [0.2, 0.25) is 0 Å². The molecule has 68 heavy (non-hydrogen) atoms. The van der Waals surface area contributed by atoms with Gasteiger partial charge in [-0.25, -0.2) is 4.98 Å². The molecule has 5 nitrogen and oxygen atoms in total. The van der Waals surface area contributed by atoms with E-state index in [4.69, 9.17) is 9.72 Å². The average molecular weight is 901 g/mol. The molecule has 0 atom stereocenters. The first kappa shape index (κ1) is 46.8. The van der Waals surface area contributed by atoms with Gasteiger partial charge < -0.3 is 14.5 Å². The molecular formula is C63H72N4O. The van der Waals surface area contributed by atoms with Crippen molar-refractivity contribution in [1.82, 2.24) is 9.55 Å². The highest BCUT2D eigenvalue weighted by molar-refractivity contribution is 6.09. The maximum atomic E-state index is 7.07. The summed E-state index contributed by atoms with van der Waals surface area (Å²) in [6, 6.07) is 47.6. The molecule has 8 aromatic rings. The molecule has 0 spiro atoms. The third-order valence-electron chi connectivity index (χ3n) is 14.1. The van der Waals surface area contributed by atoms with Gasteiger partial charge in [-0.1, -0.05) is 152 Å². The van der Waals surface area contributed by atoms with Gasteiger partial charge in [-0.15, -0.1) is 0 Å². The fourth-order valence-corrected chi connectivity index (χ4v) is 9.92. The van der Waals surface area contributed by atoms with Crippen LogP contribution in [-0.4, -0.2) is 16.2 Å². The highest BCUT2D eigenvalue weighted by Crippen LogP contribution is 2.50. The SMILES string of the molecule is CC(C)c1cc(C(C)C)c(-c2ccc3c(c2)N(c2cc(Oc4ccc5c6ccccc6n(-c6cc(C(C)(C)C)ccn6)c5c4)cc(C(C)(C)C)c2)CN3c2cccc(C(C)(C)C)c2)c(C(C)C)c1. The van der Waals surface area contributed by atoms with Gasteiger partial charge in [0.15, 0.2) is 0 Å². The largest absolute Gasteiger partial charge is 0.457 e.